The molecule has 7 rings (SSSR count). The molecule has 0 bridgehead atoms. The molecule has 0 radical (unpaired) electrons. The van der Waals surface area contributed by atoms with E-state index in [2.05, 4.69) is 104 Å². The molecule has 0 atom stereocenters. The van der Waals surface area contributed by atoms with E-state index in [0.717, 1.165) is 49.9 Å². The summed E-state index contributed by atoms with van der Waals surface area (Å²) in [7, 11) is 2.09. The fourth-order valence-electron chi connectivity index (χ4n) is 6.55. The standard InChI is InChI=1S/C37H31N2O/c1-24-12-19-31-32-20-17-29(22-38)35(28-15-13-27(14-16-28)25-10-6-7-11-25)37(32)40-36(31)34(24)33-21-18-30(23-39(33)2)26-8-4-3-5-9-26/h3-5,8-9,12-21,23,25H,6-7,10-11H2,1-2H3/q+1. The third-order valence-corrected chi connectivity index (χ3v) is 8.66. The lowest BCUT2D eigenvalue weighted by molar-refractivity contribution is -0.659. The van der Waals surface area contributed by atoms with Gasteiger partial charge in [0, 0.05) is 28.0 Å². The minimum atomic E-state index is 0.635. The Bertz CT molecular complexity index is 1920. The molecular weight excluding hydrogens is 488 g/mol. The maximum atomic E-state index is 10.1. The van der Waals surface area contributed by atoms with Crippen LogP contribution in [0.3, 0.4) is 0 Å². The van der Waals surface area contributed by atoms with Crippen LogP contribution in [0, 0.1) is 18.3 Å². The average molecular weight is 520 g/mol. The number of benzene rings is 4. The normalized spacial score (nSPS) is 13.7. The lowest BCUT2D eigenvalue weighted by Gasteiger charge is -2.11. The Kier molecular flexibility index (Phi) is 5.98. The summed E-state index contributed by atoms with van der Waals surface area (Å²) < 4.78 is 8.96. The molecule has 4 aromatic carbocycles. The van der Waals surface area contributed by atoms with Crippen molar-refractivity contribution in [2.24, 2.45) is 7.05 Å². The maximum absolute atomic E-state index is 10.1. The Hall–Kier alpha value is -4.68. The van der Waals surface area contributed by atoms with Gasteiger partial charge in [0.25, 0.3) is 0 Å². The highest BCUT2D eigenvalue weighted by Gasteiger charge is 2.24. The molecule has 0 N–H and O–H groups in total. The van der Waals surface area contributed by atoms with Gasteiger partial charge < -0.3 is 4.42 Å². The zero-order valence-electron chi connectivity index (χ0n) is 22.9. The number of pyridine rings is 1. The van der Waals surface area contributed by atoms with Crippen LogP contribution in [0.4, 0.5) is 0 Å². The molecule has 194 valence electrons. The van der Waals surface area contributed by atoms with Crippen LogP contribution in [-0.2, 0) is 7.05 Å². The van der Waals surface area contributed by atoms with Gasteiger partial charge in [-0.1, -0.05) is 79.6 Å². The molecule has 0 saturated heterocycles. The zero-order valence-corrected chi connectivity index (χ0v) is 22.9. The maximum Gasteiger partial charge on any atom is 0.216 e. The number of aromatic nitrogens is 1. The molecule has 1 aliphatic carbocycles. The van der Waals surface area contributed by atoms with Gasteiger partial charge in [-0.05, 0) is 66.1 Å². The van der Waals surface area contributed by atoms with Gasteiger partial charge in [-0.3, -0.25) is 0 Å². The molecule has 40 heavy (non-hydrogen) atoms. The minimum Gasteiger partial charge on any atom is -0.454 e. The average Bonchev–Trinajstić information content (AvgIpc) is 3.66. The van der Waals surface area contributed by atoms with Crippen molar-refractivity contribution in [3.8, 4) is 39.6 Å². The van der Waals surface area contributed by atoms with Crippen molar-refractivity contribution in [3.05, 3.63) is 114 Å². The Morgan fingerprint density at radius 1 is 0.725 bits per heavy atom. The Morgan fingerprint density at radius 3 is 2.10 bits per heavy atom. The molecule has 3 nitrogen and oxygen atoms in total. The number of fused-ring (bicyclic) bond motifs is 3. The largest absolute Gasteiger partial charge is 0.454 e. The van der Waals surface area contributed by atoms with E-state index in [9.17, 15) is 5.26 Å². The topological polar surface area (TPSA) is 40.8 Å². The number of furan rings is 1. The lowest BCUT2D eigenvalue weighted by atomic mass is 9.92. The first kappa shape index (κ1) is 24.4. The first-order valence-corrected chi connectivity index (χ1v) is 14.2. The number of rotatable bonds is 4. The highest BCUT2D eigenvalue weighted by molar-refractivity contribution is 6.14. The third-order valence-electron chi connectivity index (χ3n) is 8.66. The number of hydrogen-bond donors (Lipinski definition) is 0. The van der Waals surface area contributed by atoms with Crippen LogP contribution < -0.4 is 4.57 Å². The predicted octanol–water partition coefficient (Wildman–Crippen LogP) is 9.25. The molecular formula is C37H31N2O+. The van der Waals surface area contributed by atoms with Gasteiger partial charge in [-0.2, -0.15) is 5.26 Å². The second-order valence-corrected chi connectivity index (χ2v) is 11.1. The van der Waals surface area contributed by atoms with Crippen molar-refractivity contribution in [1.29, 1.82) is 5.26 Å². The number of nitriles is 1. The Balaban J connectivity index is 1.40. The van der Waals surface area contributed by atoms with E-state index in [1.54, 1.807) is 0 Å². The zero-order chi connectivity index (χ0) is 27.2. The summed E-state index contributed by atoms with van der Waals surface area (Å²) in [6, 6.07) is 34.4. The summed E-state index contributed by atoms with van der Waals surface area (Å²) in [6.07, 6.45) is 7.36. The van der Waals surface area contributed by atoms with Gasteiger partial charge in [0.2, 0.25) is 5.69 Å². The predicted molar refractivity (Wildman–Crippen MR) is 162 cm³/mol. The van der Waals surface area contributed by atoms with E-state index >= 15 is 0 Å². The van der Waals surface area contributed by atoms with Crippen LogP contribution in [0.1, 0.15) is 48.3 Å². The summed E-state index contributed by atoms with van der Waals surface area (Å²) in [4.78, 5) is 0. The van der Waals surface area contributed by atoms with Gasteiger partial charge in [0.05, 0.1) is 17.2 Å². The second-order valence-electron chi connectivity index (χ2n) is 11.1. The fourth-order valence-corrected chi connectivity index (χ4v) is 6.55. The van der Waals surface area contributed by atoms with Crippen molar-refractivity contribution in [2.75, 3.05) is 0 Å². The highest BCUT2D eigenvalue weighted by atomic mass is 16.3. The summed E-state index contributed by atoms with van der Waals surface area (Å²) in [5.74, 6) is 0.658. The fraction of sp³-hybridized carbons (Fsp3) is 0.189. The van der Waals surface area contributed by atoms with Gasteiger partial charge in [0.15, 0.2) is 6.20 Å². The molecule has 6 aromatic rings. The molecule has 1 aliphatic rings. The monoisotopic (exact) mass is 519 g/mol. The number of hydrogen-bond acceptors (Lipinski definition) is 2. The SMILES string of the molecule is Cc1ccc2c(oc3c(-c4ccc(C5CCCC5)cc4)c(C#N)ccc32)c1-c1ccc(-c2ccccc2)c[n+]1C. The van der Waals surface area contributed by atoms with Crippen LogP contribution >= 0.6 is 0 Å². The van der Waals surface area contributed by atoms with Crippen LogP contribution in [0.25, 0.3) is 55.4 Å². The molecule has 0 aliphatic heterocycles. The van der Waals surface area contributed by atoms with Gasteiger partial charge in [-0.15, -0.1) is 0 Å². The van der Waals surface area contributed by atoms with Crippen LogP contribution in [0.2, 0.25) is 0 Å². The van der Waals surface area contributed by atoms with Gasteiger partial charge in [0.1, 0.15) is 18.2 Å². The minimum absolute atomic E-state index is 0.635. The number of aryl methyl sites for hydroxylation is 2. The molecule has 1 fully saturated rings. The van der Waals surface area contributed by atoms with Crippen molar-refractivity contribution < 1.29 is 8.98 Å². The van der Waals surface area contributed by atoms with E-state index in [1.807, 2.05) is 18.2 Å². The molecule has 0 unspecified atom stereocenters. The second kappa shape index (κ2) is 9.81. The summed E-state index contributed by atoms with van der Waals surface area (Å²) in [5, 5.41) is 12.2. The first-order chi connectivity index (χ1) is 19.6. The van der Waals surface area contributed by atoms with E-state index < -0.39 is 0 Å². The molecule has 0 spiro atoms. The highest BCUT2D eigenvalue weighted by Crippen LogP contribution is 2.42. The van der Waals surface area contributed by atoms with Gasteiger partial charge >= 0.3 is 0 Å². The van der Waals surface area contributed by atoms with E-state index in [1.165, 1.54) is 42.4 Å². The van der Waals surface area contributed by atoms with E-state index in [4.69, 9.17) is 4.42 Å². The van der Waals surface area contributed by atoms with E-state index in [0.29, 0.717) is 11.5 Å². The van der Waals surface area contributed by atoms with Crippen LogP contribution in [-0.4, -0.2) is 0 Å². The summed E-state index contributed by atoms with van der Waals surface area (Å²) >= 11 is 0. The smallest absolute Gasteiger partial charge is 0.216 e. The third kappa shape index (κ3) is 4.00. The van der Waals surface area contributed by atoms with Crippen LogP contribution in [0.5, 0.6) is 0 Å². The van der Waals surface area contributed by atoms with Crippen molar-refractivity contribution in [1.82, 2.24) is 0 Å². The molecule has 1 saturated carbocycles. The summed E-state index contributed by atoms with van der Waals surface area (Å²) in [5.41, 5.74) is 11.3. The lowest BCUT2D eigenvalue weighted by Crippen LogP contribution is -2.30. The quantitative estimate of drug-likeness (QED) is 0.218. The summed E-state index contributed by atoms with van der Waals surface area (Å²) in [6.45, 7) is 2.14. The van der Waals surface area contributed by atoms with Crippen molar-refractivity contribution in [2.45, 2.75) is 38.5 Å². The molecule has 0 amide bonds. The van der Waals surface area contributed by atoms with Crippen LogP contribution in [0.15, 0.2) is 102 Å². The first-order valence-electron chi connectivity index (χ1n) is 14.2. The number of nitrogens with zero attached hydrogens (tertiary/aromatic N) is 2. The Labute approximate surface area is 234 Å². The molecule has 2 aromatic heterocycles. The Morgan fingerprint density at radius 2 is 1.40 bits per heavy atom. The van der Waals surface area contributed by atoms with Gasteiger partial charge in [-0.25, -0.2) is 4.57 Å². The molecule has 3 heteroatoms. The van der Waals surface area contributed by atoms with E-state index in [-0.39, 0.29) is 0 Å². The molecule has 2 heterocycles. The van der Waals surface area contributed by atoms with Crippen molar-refractivity contribution >= 4 is 21.9 Å². The van der Waals surface area contributed by atoms with Crippen molar-refractivity contribution in [3.63, 3.8) is 0 Å².